The molecule has 21 heavy (non-hydrogen) atoms. The first kappa shape index (κ1) is 13.8. The van der Waals surface area contributed by atoms with Crippen LogP contribution in [-0.2, 0) is 13.0 Å². The van der Waals surface area contributed by atoms with Crippen LogP contribution in [0.15, 0.2) is 67.0 Å². The quantitative estimate of drug-likeness (QED) is 0.763. The number of aromatic nitrogens is 1. The molecule has 0 saturated carbocycles. The van der Waals surface area contributed by atoms with E-state index in [0.717, 1.165) is 13.0 Å². The summed E-state index contributed by atoms with van der Waals surface area (Å²) in [4.78, 5) is 4.18. The summed E-state index contributed by atoms with van der Waals surface area (Å²) < 4.78 is 0. The molecule has 0 spiro atoms. The van der Waals surface area contributed by atoms with Crippen LogP contribution >= 0.6 is 0 Å². The van der Waals surface area contributed by atoms with E-state index >= 15 is 0 Å². The van der Waals surface area contributed by atoms with Crippen molar-refractivity contribution in [3.63, 3.8) is 0 Å². The molecule has 3 rings (SSSR count). The zero-order chi connectivity index (χ0) is 14.5. The molecule has 106 valence electrons. The maximum Gasteiger partial charge on any atom is 0.0346 e. The van der Waals surface area contributed by atoms with Crippen molar-refractivity contribution < 1.29 is 0 Å². The highest BCUT2D eigenvalue weighted by Gasteiger charge is 2.05. The van der Waals surface area contributed by atoms with Crippen LogP contribution < -0.4 is 5.32 Å². The van der Waals surface area contributed by atoms with E-state index in [-0.39, 0.29) is 0 Å². The average Bonchev–Trinajstić information content (AvgIpc) is 2.54. The highest BCUT2D eigenvalue weighted by Crippen LogP contribution is 2.17. The number of benzene rings is 2. The monoisotopic (exact) mass is 276 g/mol. The maximum absolute atomic E-state index is 4.18. The molecule has 2 aromatic carbocycles. The highest BCUT2D eigenvalue weighted by atomic mass is 14.9. The Morgan fingerprint density at radius 2 is 1.86 bits per heavy atom. The standard InChI is InChI=1S/C19H20N2/c1-15(12-16-6-3-2-4-7-16)21-14-18-9-5-8-17-13-20-11-10-19(17)18/h2-11,13,15,21H,12,14H2,1H3. The van der Waals surface area contributed by atoms with Crippen molar-refractivity contribution in [3.8, 4) is 0 Å². The van der Waals surface area contributed by atoms with Crippen molar-refractivity contribution in [2.45, 2.75) is 25.9 Å². The lowest BCUT2D eigenvalue weighted by Gasteiger charge is -2.15. The third kappa shape index (κ3) is 3.47. The van der Waals surface area contributed by atoms with Gasteiger partial charge in [-0.05, 0) is 35.9 Å². The van der Waals surface area contributed by atoms with Crippen LogP contribution in [0.4, 0.5) is 0 Å². The van der Waals surface area contributed by atoms with Gasteiger partial charge in [0, 0.05) is 30.4 Å². The van der Waals surface area contributed by atoms with E-state index < -0.39 is 0 Å². The van der Waals surface area contributed by atoms with Gasteiger partial charge >= 0.3 is 0 Å². The topological polar surface area (TPSA) is 24.9 Å². The van der Waals surface area contributed by atoms with Crippen LogP contribution in [0.2, 0.25) is 0 Å². The van der Waals surface area contributed by atoms with E-state index in [0.29, 0.717) is 6.04 Å². The molecule has 0 bridgehead atoms. The highest BCUT2D eigenvalue weighted by molar-refractivity contribution is 5.84. The summed E-state index contributed by atoms with van der Waals surface area (Å²) in [5.74, 6) is 0. The summed E-state index contributed by atoms with van der Waals surface area (Å²) in [5.41, 5.74) is 2.70. The molecule has 0 aliphatic heterocycles. The van der Waals surface area contributed by atoms with Gasteiger partial charge in [0.25, 0.3) is 0 Å². The Bertz CT molecular complexity index is 702. The van der Waals surface area contributed by atoms with Crippen LogP contribution in [-0.4, -0.2) is 11.0 Å². The van der Waals surface area contributed by atoms with Gasteiger partial charge in [-0.15, -0.1) is 0 Å². The Labute approximate surface area is 125 Å². The van der Waals surface area contributed by atoms with Gasteiger partial charge in [-0.1, -0.05) is 48.5 Å². The van der Waals surface area contributed by atoms with E-state index in [9.17, 15) is 0 Å². The first-order valence-corrected chi connectivity index (χ1v) is 7.42. The Morgan fingerprint density at radius 1 is 1.00 bits per heavy atom. The molecule has 3 aromatic rings. The predicted octanol–water partition coefficient (Wildman–Crippen LogP) is 3.96. The zero-order valence-corrected chi connectivity index (χ0v) is 12.3. The summed E-state index contributed by atoms with van der Waals surface area (Å²) in [5, 5.41) is 6.10. The molecule has 1 atom stereocenters. The number of hydrogen-bond donors (Lipinski definition) is 1. The van der Waals surface area contributed by atoms with Gasteiger partial charge in [-0.3, -0.25) is 4.98 Å². The number of nitrogens with zero attached hydrogens (tertiary/aromatic N) is 1. The molecule has 0 saturated heterocycles. The third-order valence-electron chi connectivity index (χ3n) is 3.80. The lowest BCUT2D eigenvalue weighted by atomic mass is 10.0. The summed E-state index contributed by atoms with van der Waals surface area (Å²) in [6, 6.07) is 19.6. The predicted molar refractivity (Wildman–Crippen MR) is 88.2 cm³/mol. The summed E-state index contributed by atoms with van der Waals surface area (Å²) in [7, 11) is 0. The van der Waals surface area contributed by atoms with E-state index in [1.807, 2.05) is 12.4 Å². The number of hydrogen-bond acceptors (Lipinski definition) is 2. The minimum Gasteiger partial charge on any atom is -0.310 e. The molecule has 1 heterocycles. The van der Waals surface area contributed by atoms with Crippen molar-refractivity contribution in [2.75, 3.05) is 0 Å². The zero-order valence-electron chi connectivity index (χ0n) is 12.3. The second kappa shape index (κ2) is 6.51. The van der Waals surface area contributed by atoms with Crippen LogP contribution in [0.3, 0.4) is 0 Å². The summed E-state index contributed by atoms with van der Waals surface area (Å²) in [6.07, 6.45) is 4.83. The lowest BCUT2D eigenvalue weighted by molar-refractivity contribution is 0.547. The fourth-order valence-corrected chi connectivity index (χ4v) is 2.67. The molecule has 1 aromatic heterocycles. The van der Waals surface area contributed by atoms with Gasteiger partial charge in [0.15, 0.2) is 0 Å². The average molecular weight is 276 g/mol. The molecular weight excluding hydrogens is 256 g/mol. The van der Waals surface area contributed by atoms with Gasteiger partial charge in [0.1, 0.15) is 0 Å². The first-order chi connectivity index (χ1) is 10.3. The van der Waals surface area contributed by atoms with Crippen molar-refractivity contribution in [1.29, 1.82) is 0 Å². The van der Waals surface area contributed by atoms with Crippen LogP contribution in [0.25, 0.3) is 10.8 Å². The molecule has 0 aliphatic rings. The molecule has 1 unspecified atom stereocenters. The second-order valence-corrected chi connectivity index (χ2v) is 5.49. The van der Waals surface area contributed by atoms with E-state index in [4.69, 9.17) is 0 Å². The fourth-order valence-electron chi connectivity index (χ4n) is 2.67. The van der Waals surface area contributed by atoms with Crippen LogP contribution in [0.5, 0.6) is 0 Å². The molecule has 0 radical (unpaired) electrons. The molecule has 0 aliphatic carbocycles. The molecule has 1 N–H and O–H groups in total. The van der Waals surface area contributed by atoms with Gasteiger partial charge < -0.3 is 5.32 Å². The molecule has 0 amide bonds. The van der Waals surface area contributed by atoms with Gasteiger partial charge in [0.2, 0.25) is 0 Å². The number of rotatable bonds is 5. The number of nitrogens with one attached hydrogen (secondary N) is 1. The summed E-state index contributed by atoms with van der Waals surface area (Å²) in [6.45, 7) is 3.12. The Hall–Kier alpha value is -2.19. The Kier molecular flexibility index (Phi) is 4.27. The minimum absolute atomic E-state index is 0.449. The van der Waals surface area contributed by atoms with Gasteiger partial charge in [-0.2, -0.15) is 0 Å². The van der Waals surface area contributed by atoms with Crippen LogP contribution in [0.1, 0.15) is 18.1 Å². The van der Waals surface area contributed by atoms with Crippen LogP contribution in [0, 0.1) is 0 Å². The lowest BCUT2D eigenvalue weighted by Crippen LogP contribution is -2.27. The maximum atomic E-state index is 4.18. The Morgan fingerprint density at radius 3 is 2.71 bits per heavy atom. The molecular formula is C19H20N2. The molecule has 2 nitrogen and oxygen atoms in total. The number of pyridine rings is 1. The molecule has 2 heteroatoms. The van der Waals surface area contributed by atoms with E-state index in [1.165, 1.54) is 21.9 Å². The summed E-state index contributed by atoms with van der Waals surface area (Å²) >= 11 is 0. The fraction of sp³-hybridized carbons (Fsp3) is 0.211. The van der Waals surface area contributed by atoms with E-state index in [2.05, 4.69) is 71.8 Å². The van der Waals surface area contributed by atoms with Crippen molar-refractivity contribution >= 4 is 10.8 Å². The van der Waals surface area contributed by atoms with Crippen molar-refractivity contribution in [2.24, 2.45) is 0 Å². The van der Waals surface area contributed by atoms with Gasteiger partial charge in [-0.25, -0.2) is 0 Å². The smallest absolute Gasteiger partial charge is 0.0346 e. The largest absolute Gasteiger partial charge is 0.310 e. The number of fused-ring (bicyclic) bond motifs is 1. The normalized spacial score (nSPS) is 12.4. The van der Waals surface area contributed by atoms with Crippen molar-refractivity contribution in [1.82, 2.24) is 10.3 Å². The third-order valence-corrected chi connectivity index (χ3v) is 3.80. The SMILES string of the molecule is CC(Cc1ccccc1)NCc1cccc2cnccc12. The Balaban J connectivity index is 1.66. The minimum atomic E-state index is 0.449. The van der Waals surface area contributed by atoms with E-state index in [1.54, 1.807) is 0 Å². The molecule has 0 fully saturated rings. The second-order valence-electron chi connectivity index (χ2n) is 5.49. The first-order valence-electron chi connectivity index (χ1n) is 7.42. The van der Waals surface area contributed by atoms with Gasteiger partial charge in [0.05, 0.1) is 0 Å². The van der Waals surface area contributed by atoms with Crippen molar-refractivity contribution in [3.05, 3.63) is 78.1 Å².